The summed E-state index contributed by atoms with van der Waals surface area (Å²) in [4.78, 5) is 13.4. The molecule has 6 heteroatoms. The number of aliphatic carboxylic acids is 1. The van der Waals surface area contributed by atoms with E-state index in [2.05, 4.69) is 11.0 Å². The van der Waals surface area contributed by atoms with E-state index >= 15 is 4.39 Å². The molecule has 0 aliphatic carbocycles. The first-order valence-electron chi connectivity index (χ1n) is 10.8. The van der Waals surface area contributed by atoms with Crippen LogP contribution < -0.4 is 15.4 Å². The number of benzene rings is 3. The molecule has 1 saturated heterocycles. The summed E-state index contributed by atoms with van der Waals surface area (Å²) in [5.74, 6) is -0.675. The molecular weight excluding hydrogens is 407 g/mol. The van der Waals surface area contributed by atoms with Gasteiger partial charge in [0.05, 0.1) is 6.42 Å². The second-order valence-corrected chi connectivity index (χ2v) is 8.19. The summed E-state index contributed by atoms with van der Waals surface area (Å²) in [6.45, 7) is 3.95. The predicted octanol–water partition coefficient (Wildman–Crippen LogP) is 4.93. The van der Waals surface area contributed by atoms with E-state index in [1.807, 2.05) is 24.3 Å². The van der Waals surface area contributed by atoms with Gasteiger partial charge in [-0.05, 0) is 48.7 Å². The highest BCUT2D eigenvalue weighted by Gasteiger charge is 2.19. The van der Waals surface area contributed by atoms with E-state index in [0.717, 1.165) is 36.3 Å². The Balaban J connectivity index is 1.67. The summed E-state index contributed by atoms with van der Waals surface area (Å²) in [6.07, 6.45) is 1.03. The largest absolute Gasteiger partial charge is 0.489 e. The van der Waals surface area contributed by atoms with Crippen LogP contribution in [0.25, 0.3) is 11.1 Å². The van der Waals surface area contributed by atoms with E-state index in [9.17, 15) is 4.79 Å². The van der Waals surface area contributed by atoms with Crippen LogP contribution in [0.1, 0.15) is 36.1 Å². The summed E-state index contributed by atoms with van der Waals surface area (Å²) >= 11 is 0. The van der Waals surface area contributed by atoms with Crippen LogP contribution in [0.15, 0.2) is 60.7 Å². The van der Waals surface area contributed by atoms with Crippen molar-refractivity contribution in [2.24, 2.45) is 5.73 Å². The van der Waals surface area contributed by atoms with Gasteiger partial charge in [0.2, 0.25) is 0 Å². The first-order chi connectivity index (χ1) is 15.4. The fraction of sp³-hybridized carbons (Fsp3) is 0.269. The van der Waals surface area contributed by atoms with Gasteiger partial charge < -0.3 is 20.5 Å². The fourth-order valence-corrected chi connectivity index (χ4v) is 3.91. The SMILES string of the molecule is C[C@@H](N)c1cccc(-c2cc(COc3ccccc3CC(=O)O)cc(N3CCC3)c2)c1F. The van der Waals surface area contributed by atoms with Crippen molar-refractivity contribution in [1.82, 2.24) is 0 Å². The van der Waals surface area contributed by atoms with Crippen molar-refractivity contribution in [3.05, 3.63) is 83.2 Å². The van der Waals surface area contributed by atoms with Crippen LogP contribution in [0, 0.1) is 5.82 Å². The third kappa shape index (κ3) is 4.75. The van der Waals surface area contributed by atoms with Crippen molar-refractivity contribution in [3.8, 4) is 16.9 Å². The Bertz CT molecular complexity index is 1130. The van der Waals surface area contributed by atoms with Crippen LogP contribution in [-0.2, 0) is 17.8 Å². The highest BCUT2D eigenvalue weighted by Crippen LogP contribution is 2.33. The minimum Gasteiger partial charge on any atom is -0.489 e. The van der Waals surface area contributed by atoms with Gasteiger partial charge in [-0.25, -0.2) is 4.39 Å². The number of nitrogens with zero attached hydrogens (tertiary/aromatic N) is 1. The normalized spacial score (nSPS) is 14.0. The predicted molar refractivity (Wildman–Crippen MR) is 123 cm³/mol. The fourth-order valence-electron chi connectivity index (χ4n) is 3.91. The Morgan fingerprint density at radius 2 is 1.94 bits per heavy atom. The molecule has 1 fully saturated rings. The molecule has 3 aromatic rings. The van der Waals surface area contributed by atoms with Crippen molar-refractivity contribution in [2.75, 3.05) is 18.0 Å². The third-order valence-electron chi connectivity index (χ3n) is 5.74. The second kappa shape index (κ2) is 9.40. The van der Waals surface area contributed by atoms with Gasteiger partial charge >= 0.3 is 5.97 Å². The van der Waals surface area contributed by atoms with E-state index in [1.165, 1.54) is 0 Å². The molecule has 0 aromatic heterocycles. The standard InChI is InChI=1S/C26H27FN2O3/c1-17(28)22-7-4-8-23(26(22)27)20-12-18(13-21(14-20)29-10-5-11-29)16-32-24-9-3-2-6-19(24)15-25(30)31/h2-4,6-9,12-14,17H,5,10-11,15-16,28H2,1H3,(H,30,31)/t17-/m1/s1. The van der Waals surface area contributed by atoms with Gasteiger partial charge in [0.15, 0.2) is 0 Å². The molecular formula is C26H27FN2O3. The van der Waals surface area contributed by atoms with Gasteiger partial charge in [0.25, 0.3) is 0 Å². The highest BCUT2D eigenvalue weighted by molar-refractivity contribution is 5.72. The second-order valence-electron chi connectivity index (χ2n) is 8.19. The number of hydrogen-bond acceptors (Lipinski definition) is 4. The zero-order valence-corrected chi connectivity index (χ0v) is 18.1. The number of rotatable bonds is 8. The van der Waals surface area contributed by atoms with Gasteiger partial charge in [-0.1, -0.05) is 36.4 Å². The van der Waals surface area contributed by atoms with E-state index in [4.69, 9.17) is 15.6 Å². The number of para-hydroxylation sites is 1. The van der Waals surface area contributed by atoms with Crippen LogP contribution >= 0.6 is 0 Å². The molecule has 4 rings (SSSR count). The van der Waals surface area contributed by atoms with Gasteiger partial charge in [0, 0.05) is 41.5 Å². The van der Waals surface area contributed by atoms with Gasteiger partial charge in [-0.2, -0.15) is 0 Å². The molecule has 0 spiro atoms. The summed E-state index contributed by atoms with van der Waals surface area (Å²) in [6, 6.07) is 18.0. The average molecular weight is 435 g/mol. The van der Waals surface area contributed by atoms with E-state index in [-0.39, 0.29) is 18.8 Å². The summed E-state index contributed by atoms with van der Waals surface area (Å²) in [5, 5.41) is 9.15. The van der Waals surface area contributed by atoms with E-state index in [1.54, 1.807) is 37.3 Å². The molecule has 0 bridgehead atoms. The molecule has 166 valence electrons. The Morgan fingerprint density at radius 3 is 2.62 bits per heavy atom. The van der Waals surface area contributed by atoms with Crippen molar-refractivity contribution in [3.63, 3.8) is 0 Å². The van der Waals surface area contributed by atoms with Crippen LogP contribution in [0.4, 0.5) is 10.1 Å². The average Bonchev–Trinajstić information content (AvgIpc) is 2.71. The lowest BCUT2D eigenvalue weighted by Gasteiger charge is -2.34. The molecule has 5 nitrogen and oxygen atoms in total. The van der Waals surface area contributed by atoms with Crippen LogP contribution in [-0.4, -0.2) is 24.2 Å². The van der Waals surface area contributed by atoms with E-state index in [0.29, 0.717) is 22.4 Å². The summed E-state index contributed by atoms with van der Waals surface area (Å²) in [5.41, 5.74) is 10.2. The lowest BCUT2D eigenvalue weighted by molar-refractivity contribution is -0.136. The minimum atomic E-state index is -0.910. The zero-order valence-electron chi connectivity index (χ0n) is 18.1. The molecule has 1 aliphatic heterocycles. The van der Waals surface area contributed by atoms with Gasteiger partial charge in [0.1, 0.15) is 18.2 Å². The molecule has 1 atom stereocenters. The molecule has 0 unspecified atom stereocenters. The van der Waals surface area contributed by atoms with Crippen molar-refractivity contribution in [1.29, 1.82) is 0 Å². The summed E-state index contributed by atoms with van der Waals surface area (Å²) in [7, 11) is 0. The lowest BCUT2D eigenvalue weighted by atomic mass is 9.96. The van der Waals surface area contributed by atoms with Crippen LogP contribution in [0.2, 0.25) is 0 Å². The molecule has 0 radical (unpaired) electrons. The number of hydrogen-bond donors (Lipinski definition) is 2. The molecule has 1 heterocycles. The van der Waals surface area contributed by atoms with Crippen molar-refractivity contribution >= 4 is 11.7 Å². The number of ether oxygens (including phenoxy) is 1. The number of anilines is 1. The number of halogens is 1. The van der Waals surface area contributed by atoms with Gasteiger partial charge in [-0.15, -0.1) is 0 Å². The van der Waals surface area contributed by atoms with Crippen molar-refractivity contribution < 1.29 is 19.0 Å². The van der Waals surface area contributed by atoms with Gasteiger partial charge in [-0.3, -0.25) is 4.79 Å². The number of carbonyl (C=O) groups is 1. The highest BCUT2D eigenvalue weighted by atomic mass is 19.1. The molecule has 32 heavy (non-hydrogen) atoms. The van der Waals surface area contributed by atoms with Crippen molar-refractivity contribution in [2.45, 2.75) is 32.4 Å². The smallest absolute Gasteiger partial charge is 0.307 e. The van der Waals surface area contributed by atoms with E-state index < -0.39 is 12.0 Å². The molecule has 3 N–H and O–H groups in total. The minimum absolute atomic E-state index is 0.107. The maximum Gasteiger partial charge on any atom is 0.307 e. The first-order valence-corrected chi connectivity index (χ1v) is 10.8. The lowest BCUT2D eigenvalue weighted by Crippen LogP contribution is -2.37. The number of carboxylic acids is 1. The van der Waals surface area contributed by atoms with Crippen LogP contribution in [0.5, 0.6) is 5.75 Å². The monoisotopic (exact) mass is 434 g/mol. The molecule has 0 saturated carbocycles. The topological polar surface area (TPSA) is 75.8 Å². The number of nitrogens with two attached hydrogens (primary N) is 1. The Hall–Kier alpha value is -3.38. The Morgan fingerprint density at radius 1 is 1.16 bits per heavy atom. The molecule has 1 aliphatic rings. The third-order valence-corrected chi connectivity index (χ3v) is 5.74. The Labute approximate surface area is 187 Å². The van der Waals surface area contributed by atoms with Crippen LogP contribution in [0.3, 0.4) is 0 Å². The maximum absolute atomic E-state index is 15.2. The maximum atomic E-state index is 15.2. The first kappa shape index (κ1) is 21.8. The molecule has 0 amide bonds. The zero-order chi connectivity index (χ0) is 22.7. The quantitative estimate of drug-likeness (QED) is 0.526. The number of carboxylic acid groups (broad SMARTS) is 1. The summed E-state index contributed by atoms with van der Waals surface area (Å²) < 4.78 is 21.2. The Kier molecular flexibility index (Phi) is 6.42. The molecule has 3 aromatic carbocycles.